The van der Waals surface area contributed by atoms with Gasteiger partial charge in [0.1, 0.15) is 5.75 Å². The van der Waals surface area contributed by atoms with Crippen LogP contribution >= 0.6 is 11.6 Å². The highest BCUT2D eigenvalue weighted by molar-refractivity contribution is 6.30. The van der Waals surface area contributed by atoms with Crippen molar-refractivity contribution < 1.29 is 9.53 Å². The van der Waals surface area contributed by atoms with Crippen molar-refractivity contribution in [3.05, 3.63) is 76.8 Å². The van der Waals surface area contributed by atoms with E-state index in [1.165, 1.54) is 0 Å². The van der Waals surface area contributed by atoms with E-state index < -0.39 is 0 Å². The van der Waals surface area contributed by atoms with Crippen molar-refractivity contribution in [3.8, 4) is 5.75 Å². The molecule has 0 saturated carbocycles. The lowest BCUT2D eigenvalue weighted by Gasteiger charge is -2.22. The Morgan fingerprint density at radius 2 is 1.69 bits per heavy atom. The van der Waals surface area contributed by atoms with Crippen molar-refractivity contribution in [3.63, 3.8) is 0 Å². The van der Waals surface area contributed by atoms with Gasteiger partial charge < -0.3 is 9.64 Å². The van der Waals surface area contributed by atoms with Gasteiger partial charge in [-0.3, -0.25) is 4.79 Å². The number of hydrogen-bond acceptors (Lipinski definition) is 2. The van der Waals surface area contributed by atoms with Gasteiger partial charge in [0.25, 0.3) is 0 Å². The summed E-state index contributed by atoms with van der Waals surface area (Å²) in [5.41, 5.74) is 2.07. The second kappa shape index (κ2) is 7.79. The summed E-state index contributed by atoms with van der Waals surface area (Å²) in [6, 6.07) is 19.7. The number of benzene rings is 3. The zero-order chi connectivity index (χ0) is 18.7. The molecule has 0 aliphatic carbocycles. The van der Waals surface area contributed by atoms with E-state index in [9.17, 15) is 4.79 Å². The third kappa shape index (κ3) is 4.00. The number of rotatable bonds is 5. The predicted octanol–water partition coefficient (Wildman–Crippen LogP) is 5.26. The Morgan fingerprint density at radius 1 is 1.04 bits per heavy atom. The maximum Gasteiger partial charge on any atom is 0.229 e. The molecule has 0 bridgehead atoms. The van der Waals surface area contributed by atoms with Crippen LogP contribution in [0, 0.1) is 0 Å². The molecule has 0 aliphatic rings. The van der Waals surface area contributed by atoms with Gasteiger partial charge in [-0.15, -0.1) is 0 Å². The first-order chi connectivity index (χ1) is 12.5. The largest absolute Gasteiger partial charge is 0.497 e. The number of carbonyl (C=O) groups is 1. The first-order valence-corrected chi connectivity index (χ1v) is 8.93. The van der Waals surface area contributed by atoms with E-state index in [4.69, 9.17) is 16.3 Å². The minimum absolute atomic E-state index is 0.0906. The molecule has 1 unspecified atom stereocenters. The van der Waals surface area contributed by atoms with Crippen LogP contribution in [0.25, 0.3) is 10.8 Å². The Labute approximate surface area is 159 Å². The van der Waals surface area contributed by atoms with E-state index in [2.05, 4.69) is 6.07 Å². The van der Waals surface area contributed by atoms with Crippen LogP contribution in [0.15, 0.2) is 60.7 Å². The molecule has 0 heterocycles. The molecule has 3 rings (SSSR count). The monoisotopic (exact) mass is 367 g/mol. The lowest BCUT2D eigenvalue weighted by atomic mass is 9.96. The zero-order valence-electron chi connectivity index (χ0n) is 15.2. The Bertz CT molecular complexity index is 921. The summed E-state index contributed by atoms with van der Waals surface area (Å²) in [5.74, 6) is 0.712. The number of halogens is 1. The van der Waals surface area contributed by atoms with Crippen LogP contribution in [-0.2, 0) is 11.3 Å². The van der Waals surface area contributed by atoms with Gasteiger partial charge in [0, 0.05) is 18.6 Å². The number of carbonyl (C=O) groups excluding carboxylic acids is 1. The van der Waals surface area contributed by atoms with Crippen molar-refractivity contribution in [1.82, 2.24) is 4.90 Å². The molecule has 0 aliphatic heterocycles. The summed E-state index contributed by atoms with van der Waals surface area (Å²) in [6.07, 6.45) is 0. The molecule has 3 aromatic rings. The van der Waals surface area contributed by atoms with Crippen molar-refractivity contribution >= 4 is 28.3 Å². The first-order valence-electron chi connectivity index (χ1n) is 8.55. The Balaban J connectivity index is 1.76. The van der Waals surface area contributed by atoms with Crippen LogP contribution in [0.2, 0.25) is 5.02 Å². The molecule has 0 saturated heterocycles. The average Bonchev–Trinajstić information content (AvgIpc) is 2.67. The Morgan fingerprint density at radius 3 is 2.38 bits per heavy atom. The molecule has 4 heteroatoms. The average molecular weight is 368 g/mol. The van der Waals surface area contributed by atoms with Gasteiger partial charge in [0.2, 0.25) is 5.91 Å². The first kappa shape index (κ1) is 18.3. The van der Waals surface area contributed by atoms with Gasteiger partial charge in [-0.1, -0.05) is 48.0 Å². The Kier molecular flexibility index (Phi) is 5.48. The van der Waals surface area contributed by atoms with Crippen LogP contribution in [0.1, 0.15) is 24.0 Å². The van der Waals surface area contributed by atoms with Gasteiger partial charge in [0.05, 0.1) is 13.0 Å². The van der Waals surface area contributed by atoms with Crippen molar-refractivity contribution in [2.24, 2.45) is 0 Å². The van der Waals surface area contributed by atoms with Crippen LogP contribution in [-0.4, -0.2) is 25.0 Å². The normalized spacial score (nSPS) is 12.0. The Hall–Kier alpha value is -2.52. The SMILES string of the molecule is COc1ccc2cc(C(C)C(=O)N(C)Cc3ccc(Cl)cc3)ccc2c1. The number of amides is 1. The van der Waals surface area contributed by atoms with Gasteiger partial charge in [-0.2, -0.15) is 0 Å². The summed E-state index contributed by atoms with van der Waals surface area (Å²) >= 11 is 5.92. The topological polar surface area (TPSA) is 29.5 Å². The molecule has 0 fully saturated rings. The number of fused-ring (bicyclic) bond motifs is 1. The van der Waals surface area contributed by atoms with E-state index in [1.54, 1.807) is 12.0 Å². The summed E-state index contributed by atoms with van der Waals surface area (Å²) < 4.78 is 5.26. The summed E-state index contributed by atoms with van der Waals surface area (Å²) in [5, 5.41) is 2.90. The van der Waals surface area contributed by atoms with Crippen molar-refractivity contribution in [2.75, 3.05) is 14.2 Å². The fourth-order valence-corrected chi connectivity index (χ4v) is 3.18. The van der Waals surface area contributed by atoms with E-state index in [1.807, 2.05) is 68.6 Å². The molecule has 0 aromatic heterocycles. The number of likely N-dealkylation sites (N-methyl/N-ethyl adjacent to an activating group) is 1. The minimum atomic E-state index is -0.209. The fraction of sp³-hybridized carbons (Fsp3) is 0.227. The van der Waals surface area contributed by atoms with E-state index >= 15 is 0 Å². The summed E-state index contributed by atoms with van der Waals surface area (Å²) in [6.45, 7) is 2.51. The smallest absolute Gasteiger partial charge is 0.229 e. The molecule has 3 nitrogen and oxygen atoms in total. The maximum atomic E-state index is 12.8. The number of nitrogens with zero attached hydrogens (tertiary/aromatic N) is 1. The molecular weight excluding hydrogens is 346 g/mol. The van der Waals surface area contributed by atoms with Gasteiger partial charge in [0.15, 0.2) is 0 Å². The predicted molar refractivity (Wildman–Crippen MR) is 107 cm³/mol. The molecule has 1 amide bonds. The molecule has 26 heavy (non-hydrogen) atoms. The van der Waals surface area contributed by atoms with E-state index in [0.717, 1.165) is 27.6 Å². The lowest BCUT2D eigenvalue weighted by Crippen LogP contribution is -2.30. The minimum Gasteiger partial charge on any atom is -0.497 e. The second-order valence-electron chi connectivity index (χ2n) is 6.51. The van der Waals surface area contributed by atoms with Crippen LogP contribution in [0.3, 0.4) is 0 Å². The number of ether oxygens (including phenoxy) is 1. The van der Waals surface area contributed by atoms with Crippen molar-refractivity contribution in [2.45, 2.75) is 19.4 Å². The fourth-order valence-electron chi connectivity index (χ4n) is 3.05. The van der Waals surface area contributed by atoms with Crippen LogP contribution in [0.5, 0.6) is 5.75 Å². The van der Waals surface area contributed by atoms with Crippen LogP contribution in [0.4, 0.5) is 0 Å². The quantitative estimate of drug-likeness (QED) is 0.615. The molecule has 3 aromatic carbocycles. The highest BCUT2D eigenvalue weighted by atomic mass is 35.5. The lowest BCUT2D eigenvalue weighted by molar-refractivity contribution is -0.131. The maximum absolute atomic E-state index is 12.8. The summed E-state index contributed by atoms with van der Waals surface area (Å²) in [4.78, 5) is 14.6. The van der Waals surface area contributed by atoms with Gasteiger partial charge >= 0.3 is 0 Å². The van der Waals surface area contributed by atoms with Gasteiger partial charge in [-0.05, 0) is 53.1 Å². The molecule has 0 radical (unpaired) electrons. The molecule has 0 N–H and O–H groups in total. The summed E-state index contributed by atoms with van der Waals surface area (Å²) in [7, 11) is 3.49. The third-order valence-corrected chi connectivity index (χ3v) is 4.90. The standard InChI is InChI=1S/C22H22ClNO2/c1-15(22(25)24(2)14-16-4-9-20(23)10-5-16)17-6-7-19-13-21(26-3)11-8-18(19)12-17/h4-13,15H,14H2,1-3H3. The zero-order valence-corrected chi connectivity index (χ0v) is 16.0. The molecule has 1 atom stereocenters. The second-order valence-corrected chi connectivity index (χ2v) is 6.95. The van der Waals surface area contributed by atoms with Crippen molar-refractivity contribution in [1.29, 1.82) is 0 Å². The highest BCUT2D eigenvalue weighted by Gasteiger charge is 2.19. The third-order valence-electron chi connectivity index (χ3n) is 4.65. The molecule has 134 valence electrons. The number of methoxy groups -OCH3 is 1. The van der Waals surface area contributed by atoms with E-state index in [-0.39, 0.29) is 11.8 Å². The van der Waals surface area contributed by atoms with E-state index in [0.29, 0.717) is 11.6 Å². The number of hydrogen-bond donors (Lipinski definition) is 0. The highest BCUT2D eigenvalue weighted by Crippen LogP contribution is 2.26. The van der Waals surface area contributed by atoms with Crippen LogP contribution < -0.4 is 4.74 Å². The molecule has 0 spiro atoms. The van der Waals surface area contributed by atoms with Gasteiger partial charge in [-0.25, -0.2) is 0 Å². The molecular formula is C22H22ClNO2.